The predicted octanol–water partition coefficient (Wildman–Crippen LogP) is 6.84. The summed E-state index contributed by atoms with van der Waals surface area (Å²) in [6.45, 7) is 1.71. The van der Waals surface area contributed by atoms with Gasteiger partial charge in [0.2, 0.25) is 0 Å². The molecule has 0 saturated carbocycles. The van der Waals surface area contributed by atoms with Crippen LogP contribution in [0, 0.1) is 5.82 Å². The molecule has 0 aliphatic heterocycles. The summed E-state index contributed by atoms with van der Waals surface area (Å²) < 4.78 is 51.7. The zero-order chi connectivity index (χ0) is 21.1. The van der Waals surface area contributed by atoms with Gasteiger partial charge in [-0.25, -0.2) is 4.39 Å². The van der Waals surface area contributed by atoms with Crippen LogP contribution in [0.1, 0.15) is 40.7 Å². The Kier molecular flexibility index (Phi) is 7.90. The summed E-state index contributed by atoms with van der Waals surface area (Å²) >= 11 is 15.3. The summed E-state index contributed by atoms with van der Waals surface area (Å²) in [7, 11) is 0. The molecule has 28 heavy (non-hydrogen) atoms. The molecular formula is C19H16BrCl2F4NO. The molecule has 0 fully saturated rings. The number of nitrogens with one attached hydrogen (secondary N) is 1. The van der Waals surface area contributed by atoms with Crippen LogP contribution in [0.15, 0.2) is 36.4 Å². The third-order valence-electron chi connectivity index (χ3n) is 4.10. The van der Waals surface area contributed by atoms with E-state index in [2.05, 4.69) is 21.2 Å². The first kappa shape index (κ1) is 23.1. The van der Waals surface area contributed by atoms with Crippen LogP contribution in [-0.4, -0.2) is 17.3 Å². The molecular weight excluding hydrogens is 485 g/mol. The van der Waals surface area contributed by atoms with Crippen molar-refractivity contribution in [3.05, 3.63) is 69.0 Å². The minimum atomic E-state index is -4.72. The second-order valence-corrected chi connectivity index (χ2v) is 8.23. The molecule has 0 bridgehead atoms. The summed E-state index contributed by atoms with van der Waals surface area (Å²) in [4.78, 5) is 11.9. The van der Waals surface area contributed by atoms with Crippen molar-refractivity contribution in [1.82, 2.24) is 5.32 Å². The van der Waals surface area contributed by atoms with Gasteiger partial charge in [0.1, 0.15) is 5.82 Å². The molecule has 0 amide bonds. The molecule has 0 aliphatic rings. The van der Waals surface area contributed by atoms with Gasteiger partial charge >= 0.3 is 6.18 Å². The fraction of sp³-hybridized carbons (Fsp3) is 0.316. The number of carbonyl (C=O) groups excluding carboxylic acids is 1. The highest BCUT2D eigenvalue weighted by Gasteiger charge is 2.32. The van der Waals surface area contributed by atoms with Gasteiger partial charge in [-0.3, -0.25) is 10.1 Å². The second-order valence-electron chi connectivity index (χ2n) is 6.31. The zero-order valence-corrected chi connectivity index (χ0v) is 17.7. The van der Waals surface area contributed by atoms with Gasteiger partial charge < -0.3 is 0 Å². The summed E-state index contributed by atoms with van der Waals surface area (Å²) in [5.41, 5.74) is -0.580. The van der Waals surface area contributed by atoms with E-state index in [9.17, 15) is 22.4 Å². The average molecular weight is 501 g/mol. The smallest absolute Gasteiger partial charge is 0.298 e. The lowest BCUT2D eigenvalue weighted by Gasteiger charge is -2.18. The molecule has 9 heteroatoms. The Bertz CT molecular complexity index is 860. The molecule has 0 saturated heterocycles. The topological polar surface area (TPSA) is 29.1 Å². The first-order valence-corrected chi connectivity index (χ1v) is 9.88. The molecule has 0 aliphatic carbocycles. The molecule has 2 atom stereocenters. The monoisotopic (exact) mass is 499 g/mol. The van der Waals surface area contributed by atoms with Crippen molar-refractivity contribution < 1.29 is 22.4 Å². The lowest BCUT2D eigenvalue weighted by atomic mass is 9.98. The van der Waals surface area contributed by atoms with Crippen molar-refractivity contribution >= 4 is 44.9 Å². The fourth-order valence-corrected chi connectivity index (χ4v) is 3.60. The number of benzene rings is 2. The van der Waals surface area contributed by atoms with E-state index in [-0.39, 0.29) is 23.0 Å². The molecule has 2 aromatic rings. The highest BCUT2D eigenvalue weighted by molar-refractivity contribution is 9.09. The Labute approximate surface area is 178 Å². The molecule has 0 heterocycles. The van der Waals surface area contributed by atoms with E-state index in [0.29, 0.717) is 28.6 Å². The Hall–Kier alpha value is -1.15. The van der Waals surface area contributed by atoms with Gasteiger partial charge in [0.15, 0.2) is 5.78 Å². The molecule has 0 spiro atoms. The Morgan fingerprint density at radius 2 is 1.82 bits per heavy atom. The maximum Gasteiger partial charge on any atom is 0.416 e. The third-order valence-corrected chi connectivity index (χ3v) is 5.54. The molecule has 2 rings (SSSR count). The van der Waals surface area contributed by atoms with Crippen molar-refractivity contribution in [3.63, 3.8) is 0 Å². The van der Waals surface area contributed by atoms with Gasteiger partial charge in [0.25, 0.3) is 0 Å². The summed E-state index contributed by atoms with van der Waals surface area (Å²) in [6.07, 6.45) is -4.15. The second kappa shape index (κ2) is 9.57. The van der Waals surface area contributed by atoms with E-state index in [0.717, 1.165) is 11.6 Å². The number of Topliss-reactive ketones (excluding diaryl/α,β-unsaturated/α-hetero) is 1. The normalized spacial score (nSPS) is 14.0. The van der Waals surface area contributed by atoms with E-state index in [4.69, 9.17) is 23.2 Å². The van der Waals surface area contributed by atoms with E-state index in [1.54, 1.807) is 12.1 Å². The van der Waals surface area contributed by atoms with Gasteiger partial charge in [-0.15, -0.1) is 0 Å². The number of halogens is 7. The molecule has 2 unspecified atom stereocenters. The number of alkyl halides is 4. The zero-order valence-electron chi connectivity index (χ0n) is 14.6. The molecule has 152 valence electrons. The predicted molar refractivity (Wildman–Crippen MR) is 106 cm³/mol. The standard InChI is InChI=1S/C19H16BrCl2F4NO/c1-10(11-2-3-15(21)16(22)7-11)4-18(20)27-9-17(28)12-5-13(19(24,25)26)8-14(23)6-12/h2-3,5-8,10,18,27H,4,9H2,1H3. The number of hydrogen-bond acceptors (Lipinski definition) is 2. The van der Waals surface area contributed by atoms with Crippen molar-refractivity contribution in [2.75, 3.05) is 6.54 Å². The van der Waals surface area contributed by atoms with Crippen LogP contribution in [-0.2, 0) is 6.18 Å². The summed E-state index contributed by atoms with van der Waals surface area (Å²) in [5, 5.41) is 3.78. The third kappa shape index (κ3) is 6.44. The highest BCUT2D eigenvalue weighted by Crippen LogP contribution is 2.31. The van der Waals surface area contributed by atoms with Crippen LogP contribution in [0.3, 0.4) is 0 Å². The first-order valence-electron chi connectivity index (χ1n) is 8.20. The number of hydrogen-bond donors (Lipinski definition) is 1. The molecule has 0 aromatic heterocycles. The molecule has 0 radical (unpaired) electrons. The van der Waals surface area contributed by atoms with Gasteiger partial charge in [-0.05, 0) is 48.2 Å². The molecule has 1 N–H and O–H groups in total. The lowest BCUT2D eigenvalue weighted by Crippen LogP contribution is -2.30. The van der Waals surface area contributed by atoms with Crippen molar-refractivity contribution in [2.45, 2.75) is 30.4 Å². The Morgan fingerprint density at radius 1 is 1.14 bits per heavy atom. The number of ketones is 1. The lowest BCUT2D eigenvalue weighted by molar-refractivity contribution is -0.137. The maximum absolute atomic E-state index is 13.4. The summed E-state index contributed by atoms with van der Waals surface area (Å²) in [5.74, 6) is -1.69. The van der Waals surface area contributed by atoms with E-state index >= 15 is 0 Å². The SMILES string of the molecule is CC(CC(Br)NCC(=O)c1cc(F)cc(C(F)(F)F)c1)c1ccc(Cl)c(Cl)c1. The van der Waals surface area contributed by atoms with Crippen LogP contribution in [0.4, 0.5) is 17.6 Å². The van der Waals surface area contributed by atoms with Crippen LogP contribution in [0.5, 0.6) is 0 Å². The average Bonchev–Trinajstić information content (AvgIpc) is 2.60. The maximum atomic E-state index is 13.4. The minimum absolute atomic E-state index is 0.0627. The van der Waals surface area contributed by atoms with Crippen LogP contribution in [0.2, 0.25) is 10.0 Å². The van der Waals surface area contributed by atoms with Crippen LogP contribution >= 0.6 is 39.1 Å². The fourth-order valence-electron chi connectivity index (χ4n) is 2.57. The molecule has 2 aromatic carbocycles. The van der Waals surface area contributed by atoms with Crippen molar-refractivity contribution in [3.8, 4) is 0 Å². The first-order chi connectivity index (χ1) is 13.0. The molecule has 2 nitrogen and oxygen atoms in total. The van der Waals surface area contributed by atoms with E-state index in [1.807, 2.05) is 13.0 Å². The van der Waals surface area contributed by atoms with Gasteiger partial charge in [0.05, 0.1) is 27.1 Å². The number of rotatable bonds is 7. The Balaban J connectivity index is 1.97. The van der Waals surface area contributed by atoms with Crippen LogP contribution < -0.4 is 5.32 Å². The number of carbonyl (C=O) groups is 1. The van der Waals surface area contributed by atoms with Gasteiger partial charge in [-0.1, -0.05) is 52.1 Å². The van der Waals surface area contributed by atoms with Gasteiger partial charge in [-0.2, -0.15) is 13.2 Å². The van der Waals surface area contributed by atoms with Crippen LogP contribution in [0.25, 0.3) is 0 Å². The summed E-state index contributed by atoms with van der Waals surface area (Å²) in [6, 6.07) is 7.09. The van der Waals surface area contributed by atoms with E-state index < -0.39 is 23.3 Å². The van der Waals surface area contributed by atoms with Gasteiger partial charge in [0, 0.05) is 5.56 Å². The quantitative estimate of drug-likeness (QED) is 0.195. The van der Waals surface area contributed by atoms with Crippen molar-refractivity contribution in [1.29, 1.82) is 0 Å². The highest BCUT2D eigenvalue weighted by atomic mass is 79.9. The minimum Gasteiger partial charge on any atom is -0.298 e. The van der Waals surface area contributed by atoms with E-state index in [1.165, 1.54) is 0 Å². The Morgan fingerprint density at radius 3 is 2.43 bits per heavy atom. The van der Waals surface area contributed by atoms with Crippen molar-refractivity contribution in [2.24, 2.45) is 0 Å². The largest absolute Gasteiger partial charge is 0.416 e.